The third kappa shape index (κ3) is 4.04. The first-order valence-electron chi connectivity index (χ1n) is 6.76. The van der Waals surface area contributed by atoms with Crippen molar-refractivity contribution in [3.8, 4) is 6.07 Å². The van der Waals surface area contributed by atoms with Crippen molar-refractivity contribution in [3.63, 3.8) is 0 Å². The lowest BCUT2D eigenvalue weighted by molar-refractivity contribution is -0.129. The highest BCUT2D eigenvalue weighted by Crippen LogP contribution is 2.13. The second kappa shape index (κ2) is 6.86. The second-order valence-electron chi connectivity index (χ2n) is 5.04. The summed E-state index contributed by atoms with van der Waals surface area (Å²) < 4.78 is 5.16. The number of hydrogen-bond acceptors (Lipinski definition) is 4. The van der Waals surface area contributed by atoms with E-state index in [1.807, 2.05) is 6.07 Å². The molecular weight excluding hydrogens is 270 g/mol. The van der Waals surface area contributed by atoms with E-state index in [0.717, 1.165) is 5.56 Å². The molecule has 1 saturated heterocycles. The van der Waals surface area contributed by atoms with Crippen LogP contribution in [0, 0.1) is 17.2 Å². The van der Waals surface area contributed by atoms with Crippen LogP contribution in [0.2, 0.25) is 0 Å². The normalized spacial score (nSPS) is 18.7. The van der Waals surface area contributed by atoms with Gasteiger partial charge >= 0.3 is 0 Å². The van der Waals surface area contributed by atoms with Crippen molar-refractivity contribution >= 4 is 11.8 Å². The van der Waals surface area contributed by atoms with Crippen LogP contribution in [-0.4, -0.2) is 31.1 Å². The van der Waals surface area contributed by atoms with E-state index in [1.165, 1.54) is 0 Å². The monoisotopic (exact) mass is 287 g/mol. The van der Waals surface area contributed by atoms with E-state index in [1.54, 1.807) is 24.3 Å². The molecule has 0 radical (unpaired) electrons. The summed E-state index contributed by atoms with van der Waals surface area (Å²) in [5, 5.41) is 11.4. The Hall–Kier alpha value is -2.39. The van der Waals surface area contributed by atoms with Gasteiger partial charge in [-0.05, 0) is 24.1 Å². The molecule has 1 aromatic carbocycles. The number of nitrogens with one attached hydrogen (secondary N) is 1. The lowest BCUT2D eigenvalue weighted by Crippen LogP contribution is -2.48. The van der Waals surface area contributed by atoms with Crippen LogP contribution < -0.4 is 11.1 Å². The minimum absolute atomic E-state index is 0.204. The number of rotatable bonds is 5. The van der Waals surface area contributed by atoms with Crippen molar-refractivity contribution < 1.29 is 14.3 Å². The summed E-state index contributed by atoms with van der Waals surface area (Å²) in [5.74, 6) is -0.996. The molecule has 2 rings (SSSR count). The molecule has 1 aliphatic heterocycles. The number of carbonyl (C=O) groups excluding carboxylic acids is 2. The average molecular weight is 287 g/mol. The summed E-state index contributed by atoms with van der Waals surface area (Å²) in [6, 6.07) is 8.10. The molecule has 0 aromatic heterocycles. The minimum Gasteiger partial charge on any atom is -0.381 e. The standard InChI is InChI=1S/C15H17N3O3/c16-8-11-3-1-10(2-4-11)7-13(14(17)19)18-15(20)12-5-6-21-9-12/h1-4,12-13H,5-7,9H2,(H2,17,19)(H,18,20)/t12-,13-/m1/s1. The van der Waals surface area contributed by atoms with Crippen LogP contribution in [0.3, 0.4) is 0 Å². The molecule has 1 heterocycles. The van der Waals surface area contributed by atoms with Crippen LogP contribution in [0.15, 0.2) is 24.3 Å². The topological polar surface area (TPSA) is 105 Å². The highest BCUT2D eigenvalue weighted by molar-refractivity contribution is 5.87. The number of amides is 2. The van der Waals surface area contributed by atoms with Crippen LogP contribution >= 0.6 is 0 Å². The van der Waals surface area contributed by atoms with Gasteiger partial charge in [0, 0.05) is 13.0 Å². The zero-order valence-corrected chi connectivity index (χ0v) is 11.5. The number of nitrogens with two attached hydrogens (primary N) is 1. The van der Waals surface area contributed by atoms with Gasteiger partial charge in [0.15, 0.2) is 0 Å². The van der Waals surface area contributed by atoms with Gasteiger partial charge in [0.05, 0.1) is 24.2 Å². The molecule has 3 N–H and O–H groups in total. The summed E-state index contributed by atoms with van der Waals surface area (Å²) in [7, 11) is 0. The highest BCUT2D eigenvalue weighted by Gasteiger charge is 2.27. The van der Waals surface area contributed by atoms with E-state index in [2.05, 4.69) is 5.32 Å². The first-order chi connectivity index (χ1) is 10.1. The van der Waals surface area contributed by atoms with Crippen LogP contribution in [0.25, 0.3) is 0 Å². The Morgan fingerprint density at radius 2 is 2.14 bits per heavy atom. The van der Waals surface area contributed by atoms with Crippen molar-refractivity contribution in [3.05, 3.63) is 35.4 Å². The Balaban J connectivity index is 1.99. The van der Waals surface area contributed by atoms with Crippen LogP contribution in [0.1, 0.15) is 17.5 Å². The Morgan fingerprint density at radius 1 is 1.43 bits per heavy atom. The third-order valence-corrected chi connectivity index (χ3v) is 3.48. The minimum atomic E-state index is -0.758. The Labute approximate surface area is 122 Å². The van der Waals surface area contributed by atoms with E-state index in [4.69, 9.17) is 15.7 Å². The number of ether oxygens (including phenoxy) is 1. The number of benzene rings is 1. The van der Waals surface area contributed by atoms with Gasteiger partial charge in [0.2, 0.25) is 11.8 Å². The zero-order chi connectivity index (χ0) is 15.2. The first kappa shape index (κ1) is 15.0. The molecule has 0 aliphatic carbocycles. The van der Waals surface area contributed by atoms with Gasteiger partial charge < -0.3 is 15.8 Å². The summed E-state index contributed by atoms with van der Waals surface area (Å²) in [6.45, 7) is 0.948. The largest absolute Gasteiger partial charge is 0.381 e. The molecular formula is C15H17N3O3. The van der Waals surface area contributed by atoms with Gasteiger partial charge in [-0.1, -0.05) is 12.1 Å². The maximum atomic E-state index is 12.0. The highest BCUT2D eigenvalue weighted by atomic mass is 16.5. The Bertz CT molecular complexity index is 557. The van der Waals surface area contributed by atoms with Crippen molar-refractivity contribution in [1.82, 2.24) is 5.32 Å². The van der Waals surface area contributed by atoms with Crippen LogP contribution in [0.4, 0.5) is 0 Å². The molecule has 21 heavy (non-hydrogen) atoms. The summed E-state index contributed by atoms with van der Waals surface area (Å²) >= 11 is 0. The number of hydrogen-bond donors (Lipinski definition) is 2. The van der Waals surface area contributed by atoms with Crippen molar-refractivity contribution in [1.29, 1.82) is 5.26 Å². The van der Waals surface area contributed by atoms with Gasteiger partial charge in [-0.25, -0.2) is 0 Å². The molecule has 0 bridgehead atoms. The molecule has 0 unspecified atom stereocenters. The van der Waals surface area contributed by atoms with Gasteiger partial charge in [0.1, 0.15) is 6.04 Å². The van der Waals surface area contributed by atoms with Gasteiger partial charge in [0.25, 0.3) is 0 Å². The molecule has 6 heteroatoms. The molecule has 110 valence electrons. The molecule has 0 saturated carbocycles. The van der Waals surface area contributed by atoms with E-state index in [0.29, 0.717) is 31.6 Å². The van der Waals surface area contributed by atoms with Gasteiger partial charge in [-0.3, -0.25) is 9.59 Å². The predicted molar refractivity (Wildman–Crippen MR) is 74.9 cm³/mol. The van der Waals surface area contributed by atoms with Crippen LogP contribution in [0.5, 0.6) is 0 Å². The SMILES string of the molecule is N#Cc1ccc(C[C@@H](NC(=O)[C@@H]2CCOC2)C(N)=O)cc1. The molecule has 1 fully saturated rings. The molecule has 2 atom stereocenters. The van der Waals surface area contributed by atoms with E-state index < -0.39 is 11.9 Å². The van der Waals surface area contributed by atoms with Crippen molar-refractivity contribution in [2.45, 2.75) is 18.9 Å². The van der Waals surface area contributed by atoms with Crippen LogP contribution in [-0.2, 0) is 20.7 Å². The zero-order valence-electron chi connectivity index (χ0n) is 11.5. The molecule has 6 nitrogen and oxygen atoms in total. The lowest BCUT2D eigenvalue weighted by atomic mass is 10.0. The predicted octanol–water partition coefficient (Wildman–Crippen LogP) is 0.107. The smallest absolute Gasteiger partial charge is 0.240 e. The van der Waals surface area contributed by atoms with E-state index in [9.17, 15) is 9.59 Å². The fraction of sp³-hybridized carbons (Fsp3) is 0.400. The van der Waals surface area contributed by atoms with Gasteiger partial charge in [-0.15, -0.1) is 0 Å². The van der Waals surface area contributed by atoms with E-state index in [-0.39, 0.29) is 11.8 Å². The summed E-state index contributed by atoms with van der Waals surface area (Å²) in [4.78, 5) is 23.5. The number of nitrogens with zero attached hydrogens (tertiary/aromatic N) is 1. The van der Waals surface area contributed by atoms with Gasteiger partial charge in [-0.2, -0.15) is 5.26 Å². The average Bonchev–Trinajstić information content (AvgIpc) is 3.01. The molecule has 1 aromatic rings. The molecule has 0 spiro atoms. The summed E-state index contributed by atoms with van der Waals surface area (Å²) in [6.07, 6.45) is 0.967. The maximum absolute atomic E-state index is 12.0. The Morgan fingerprint density at radius 3 is 2.67 bits per heavy atom. The van der Waals surface area contributed by atoms with E-state index >= 15 is 0 Å². The lowest BCUT2D eigenvalue weighted by Gasteiger charge is -2.17. The number of carbonyl (C=O) groups is 2. The molecule has 2 amide bonds. The third-order valence-electron chi connectivity index (χ3n) is 3.48. The molecule has 1 aliphatic rings. The summed E-state index contributed by atoms with van der Waals surface area (Å²) in [5.41, 5.74) is 6.73. The van der Waals surface area contributed by atoms with Crippen molar-refractivity contribution in [2.75, 3.05) is 13.2 Å². The first-order valence-corrected chi connectivity index (χ1v) is 6.76. The maximum Gasteiger partial charge on any atom is 0.240 e. The second-order valence-corrected chi connectivity index (χ2v) is 5.04. The fourth-order valence-electron chi connectivity index (χ4n) is 2.20. The van der Waals surface area contributed by atoms with Crippen molar-refractivity contribution in [2.24, 2.45) is 11.7 Å². The quantitative estimate of drug-likeness (QED) is 0.801. The number of nitriles is 1. The number of primary amides is 1. The Kier molecular flexibility index (Phi) is 4.90. The fourth-order valence-corrected chi connectivity index (χ4v) is 2.20.